The predicted molar refractivity (Wildman–Crippen MR) is 118 cm³/mol. The number of carbonyl (C=O) groups is 1. The van der Waals surface area contributed by atoms with Crippen LogP contribution >= 0.6 is 0 Å². The lowest BCUT2D eigenvalue weighted by Crippen LogP contribution is -2.39. The van der Waals surface area contributed by atoms with Crippen molar-refractivity contribution in [3.05, 3.63) is 78.3 Å². The van der Waals surface area contributed by atoms with Crippen molar-refractivity contribution in [2.75, 3.05) is 17.5 Å². The molecule has 0 spiro atoms. The highest BCUT2D eigenvalue weighted by Crippen LogP contribution is 2.25. The van der Waals surface area contributed by atoms with Gasteiger partial charge in [-0.25, -0.2) is 13.8 Å². The molecule has 0 aliphatic rings. The quantitative estimate of drug-likeness (QED) is 0.405. The molecule has 1 N–H and O–H groups in total. The molecule has 0 aliphatic carbocycles. The van der Waals surface area contributed by atoms with Crippen molar-refractivity contribution >= 4 is 27.8 Å². The molecule has 0 atom stereocenters. The molecule has 1 amide bonds. The van der Waals surface area contributed by atoms with E-state index in [1.807, 2.05) is 13.8 Å². The number of hydrogen-bond acceptors (Lipinski definition) is 6. The van der Waals surface area contributed by atoms with Crippen molar-refractivity contribution in [2.24, 2.45) is 5.10 Å². The van der Waals surface area contributed by atoms with Gasteiger partial charge in [-0.1, -0.05) is 17.7 Å². The Morgan fingerprint density at radius 3 is 2.45 bits per heavy atom. The van der Waals surface area contributed by atoms with E-state index in [4.69, 9.17) is 9.15 Å². The maximum absolute atomic E-state index is 13.3. The molecule has 8 nitrogen and oxygen atoms in total. The van der Waals surface area contributed by atoms with Crippen molar-refractivity contribution in [1.82, 2.24) is 5.43 Å². The Kier molecular flexibility index (Phi) is 7.09. The zero-order valence-corrected chi connectivity index (χ0v) is 18.0. The summed E-state index contributed by atoms with van der Waals surface area (Å²) >= 11 is 0. The summed E-state index contributed by atoms with van der Waals surface area (Å²) in [5, 5.41) is 3.81. The number of furan rings is 1. The van der Waals surface area contributed by atoms with Crippen LogP contribution in [-0.4, -0.2) is 33.7 Å². The first-order valence-corrected chi connectivity index (χ1v) is 11.0. The highest BCUT2D eigenvalue weighted by molar-refractivity contribution is 7.92. The first-order valence-electron chi connectivity index (χ1n) is 9.58. The summed E-state index contributed by atoms with van der Waals surface area (Å²) in [4.78, 5) is 12.5. The fourth-order valence-electron chi connectivity index (χ4n) is 2.73. The summed E-state index contributed by atoms with van der Waals surface area (Å²) in [7, 11) is -4.02. The summed E-state index contributed by atoms with van der Waals surface area (Å²) in [6.45, 7) is 3.76. The van der Waals surface area contributed by atoms with Crippen molar-refractivity contribution in [1.29, 1.82) is 0 Å². The number of benzene rings is 2. The number of hydrazone groups is 1. The molecule has 0 bridgehead atoms. The van der Waals surface area contributed by atoms with Crippen LogP contribution in [0, 0.1) is 6.92 Å². The van der Waals surface area contributed by atoms with Crippen LogP contribution in [0.2, 0.25) is 0 Å². The Morgan fingerprint density at radius 1 is 1.13 bits per heavy atom. The van der Waals surface area contributed by atoms with E-state index in [9.17, 15) is 13.2 Å². The van der Waals surface area contributed by atoms with Crippen LogP contribution in [0.4, 0.5) is 5.69 Å². The Balaban J connectivity index is 1.85. The number of aryl methyl sites for hydroxylation is 1. The number of hydrogen-bond donors (Lipinski definition) is 1. The number of nitrogens with one attached hydrogen (secondary N) is 1. The van der Waals surface area contributed by atoms with Crippen LogP contribution < -0.4 is 14.5 Å². The topological polar surface area (TPSA) is 101 Å². The van der Waals surface area contributed by atoms with Gasteiger partial charge >= 0.3 is 0 Å². The van der Waals surface area contributed by atoms with Crippen LogP contribution in [-0.2, 0) is 14.8 Å². The molecule has 9 heteroatoms. The predicted octanol–water partition coefficient (Wildman–Crippen LogP) is 3.33. The van der Waals surface area contributed by atoms with E-state index in [1.54, 1.807) is 48.5 Å². The summed E-state index contributed by atoms with van der Waals surface area (Å²) in [5.41, 5.74) is 3.66. The van der Waals surface area contributed by atoms with Gasteiger partial charge in [0.2, 0.25) is 0 Å². The molecule has 0 radical (unpaired) electrons. The van der Waals surface area contributed by atoms with Gasteiger partial charge in [-0.2, -0.15) is 5.10 Å². The highest BCUT2D eigenvalue weighted by atomic mass is 32.2. The molecule has 1 heterocycles. The Labute approximate surface area is 181 Å². The van der Waals surface area contributed by atoms with E-state index in [0.29, 0.717) is 23.8 Å². The number of rotatable bonds is 9. The minimum Gasteiger partial charge on any atom is -0.494 e. The SMILES string of the molecule is CCOc1ccc(S(=O)(=O)N(CC(=O)N/N=C\c2ccco2)c2ccc(C)cc2)cc1. The summed E-state index contributed by atoms with van der Waals surface area (Å²) in [6.07, 6.45) is 2.81. The average Bonchev–Trinajstić information content (AvgIpc) is 3.27. The van der Waals surface area contributed by atoms with Crippen molar-refractivity contribution in [3.8, 4) is 5.75 Å². The molecule has 3 aromatic rings. The van der Waals surface area contributed by atoms with Crippen molar-refractivity contribution < 1.29 is 22.4 Å². The van der Waals surface area contributed by atoms with Crippen molar-refractivity contribution in [3.63, 3.8) is 0 Å². The van der Waals surface area contributed by atoms with E-state index in [2.05, 4.69) is 10.5 Å². The summed E-state index contributed by atoms with van der Waals surface area (Å²) in [5.74, 6) is 0.420. The zero-order valence-electron chi connectivity index (χ0n) is 17.2. The molecule has 2 aromatic carbocycles. The molecule has 31 heavy (non-hydrogen) atoms. The molecule has 162 valence electrons. The van der Waals surface area contributed by atoms with Gasteiger partial charge in [0.25, 0.3) is 15.9 Å². The third-order valence-electron chi connectivity index (χ3n) is 4.26. The maximum Gasteiger partial charge on any atom is 0.264 e. The molecule has 3 rings (SSSR count). The van der Waals surface area contributed by atoms with E-state index < -0.39 is 22.5 Å². The standard InChI is InChI=1S/C22H23N3O5S/c1-3-29-19-10-12-21(13-11-19)31(27,28)25(18-8-6-17(2)7-9-18)16-22(26)24-23-15-20-5-4-14-30-20/h4-15H,3,16H2,1-2H3,(H,24,26)/b23-15-. The normalized spacial score (nSPS) is 11.4. The van der Waals surface area contributed by atoms with Crippen LogP contribution in [0.3, 0.4) is 0 Å². The molecule has 0 aliphatic heterocycles. The fraction of sp³-hybridized carbons (Fsp3) is 0.182. The monoisotopic (exact) mass is 441 g/mol. The third-order valence-corrected chi connectivity index (χ3v) is 6.04. The molecular weight excluding hydrogens is 418 g/mol. The molecule has 0 saturated carbocycles. The minimum atomic E-state index is -4.02. The largest absolute Gasteiger partial charge is 0.494 e. The first-order chi connectivity index (χ1) is 14.9. The van der Waals surface area contributed by atoms with Crippen LogP contribution in [0.1, 0.15) is 18.2 Å². The van der Waals surface area contributed by atoms with Gasteiger partial charge < -0.3 is 9.15 Å². The number of ether oxygens (including phenoxy) is 1. The Morgan fingerprint density at radius 2 is 1.84 bits per heavy atom. The number of carbonyl (C=O) groups excluding carboxylic acids is 1. The Bertz CT molecular complexity index is 1120. The minimum absolute atomic E-state index is 0.0448. The molecule has 0 fully saturated rings. The molecule has 1 aromatic heterocycles. The number of amides is 1. The third kappa shape index (κ3) is 5.73. The van der Waals surface area contributed by atoms with E-state index in [-0.39, 0.29) is 4.90 Å². The molecule has 0 saturated heterocycles. The number of anilines is 1. The number of sulfonamides is 1. The lowest BCUT2D eigenvalue weighted by atomic mass is 10.2. The van der Waals surface area contributed by atoms with Crippen LogP contribution in [0.15, 0.2) is 81.3 Å². The van der Waals surface area contributed by atoms with Gasteiger partial charge in [-0.3, -0.25) is 9.10 Å². The molecular formula is C22H23N3O5S. The van der Waals surface area contributed by atoms with E-state index in [1.165, 1.54) is 24.6 Å². The fourth-order valence-corrected chi connectivity index (χ4v) is 4.15. The first kappa shape index (κ1) is 22.1. The lowest BCUT2D eigenvalue weighted by molar-refractivity contribution is -0.119. The average molecular weight is 442 g/mol. The molecule has 0 unspecified atom stereocenters. The second-order valence-corrected chi connectivity index (χ2v) is 8.42. The maximum atomic E-state index is 13.3. The van der Waals surface area contributed by atoms with E-state index >= 15 is 0 Å². The second-order valence-electron chi connectivity index (χ2n) is 6.56. The summed E-state index contributed by atoms with van der Waals surface area (Å²) < 4.78 is 38.2. The van der Waals surface area contributed by atoms with Crippen LogP contribution in [0.25, 0.3) is 0 Å². The van der Waals surface area contributed by atoms with Gasteiger partial charge in [-0.05, 0) is 62.4 Å². The smallest absolute Gasteiger partial charge is 0.264 e. The summed E-state index contributed by atoms with van der Waals surface area (Å²) in [6, 6.07) is 16.3. The number of nitrogens with zero attached hydrogens (tertiary/aromatic N) is 2. The van der Waals surface area contributed by atoms with Gasteiger partial charge in [0.15, 0.2) is 0 Å². The Hall–Kier alpha value is -3.59. The van der Waals surface area contributed by atoms with Gasteiger partial charge in [0, 0.05) is 0 Å². The second kappa shape index (κ2) is 9.94. The zero-order chi connectivity index (χ0) is 22.3. The van der Waals surface area contributed by atoms with E-state index in [0.717, 1.165) is 9.87 Å². The van der Waals surface area contributed by atoms with Gasteiger partial charge in [0.05, 0.1) is 29.7 Å². The van der Waals surface area contributed by atoms with Gasteiger partial charge in [0.1, 0.15) is 18.1 Å². The lowest BCUT2D eigenvalue weighted by Gasteiger charge is -2.24. The van der Waals surface area contributed by atoms with Gasteiger partial charge in [-0.15, -0.1) is 0 Å². The van der Waals surface area contributed by atoms with Crippen LogP contribution in [0.5, 0.6) is 5.75 Å². The highest BCUT2D eigenvalue weighted by Gasteiger charge is 2.27. The van der Waals surface area contributed by atoms with Crippen molar-refractivity contribution in [2.45, 2.75) is 18.7 Å².